The molecule has 3 heteroatoms. The van der Waals surface area contributed by atoms with Crippen LogP contribution in [0.3, 0.4) is 0 Å². The molecule has 0 aromatic carbocycles. The fraction of sp³-hybridized carbons (Fsp3) is 0.429. The molecule has 0 unspecified atom stereocenters. The molecule has 1 radical (unpaired) electrons. The summed E-state index contributed by atoms with van der Waals surface area (Å²) in [6, 6.07) is 0. The molecule has 0 aromatic rings. The third-order valence-electron chi connectivity index (χ3n) is 0.714. The Morgan fingerprint density at radius 2 is 1.60 bits per heavy atom. The van der Waals surface area contributed by atoms with E-state index in [-0.39, 0.29) is 31.0 Å². The van der Waals surface area contributed by atoms with Crippen LogP contribution in [-0.2, 0) is 29.1 Å². The number of Topliss-reactive ketones (excluding diaryl/α,β-unsaturated/α-hetero) is 2. The summed E-state index contributed by atoms with van der Waals surface area (Å²) in [5, 5.41) is 0. The first-order valence-electron chi connectivity index (χ1n) is 2.55. The number of ketones is 2. The maximum absolute atomic E-state index is 10.2. The second-order valence-electron chi connectivity index (χ2n) is 1.33. The van der Waals surface area contributed by atoms with E-state index in [1.54, 1.807) is 6.92 Å². The van der Waals surface area contributed by atoms with Crippen molar-refractivity contribution in [2.75, 3.05) is 0 Å². The number of terminal acetylenes is 1. The molecule has 10 heavy (non-hydrogen) atoms. The van der Waals surface area contributed by atoms with E-state index in [4.69, 9.17) is 0 Å². The van der Waals surface area contributed by atoms with Gasteiger partial charge in [-0.3, -0.25) is 9.59 Å². The summed E-state index contributed by atoms with van der Waals surface area (Å²) in [4.78, 5) is 20.2. The molecule has 0 spiro atoms. The van der Waals surface area contributed by atoms with Crippen LogP contribution < -0.4 is 0 Å². The molecule has 0 aliphatic heterocycles. The van der Waals surface area contributed by atoms with E-state index in [0.717, 1.165) is 0 Å². The molecule has 0 N–H and O–H groups in total. The molecular formula is C7H10O2Rh. The fourth-order valence-electron chi connectivity index (χ4n) is 0.249. The Hall–Kier alpha value is -0.477. The van der Waals surface area contributed by atoms with Crippen molar-refractivity contribution in [3.8, 4) is 12.8 Å². The molecule has 0 rings (SSSR count). The van der Waals surface area contributed by atoms with Gasteiger partial charge in [-0.15, -0.1) is 12.8 Å². The molecule has 0 heterocycles. The summed E-state index contributed by atoms with van der Waals surface area (Å²) in [6.45, 7) is 2.95. The fourth-order valence-corrected chi connectivity index (χ4v) is 0.249. The maximum atomic E-state index is 10.2. The van der Waals surface area contributed by atoms with Crippen molar-refractivity contribution in [2.45, 2.75) is 20.3 Å². The molecule has 0 aliphatic rings. The van der Waals surface area contributed by atoms with Gasteiger partial charge in [0.25, 0.3) is 0 Å². The van der Waals surface area contributed by atoms with Crippen LogP contribution in [0.4, 0.5) is 0 Å². The largest absolute Gasteiger partial charge is 0.291 e. The van der Waals surface area contributed by atoms with Gasteiger partial charge >= 0.3 is 0 Å². The topological polar surface area (TPSA) is 34.1 Å². The first-order valence-corrected chi connectivity index (χ1v) is 2.55. The molecule has 0 aromatic heterocycles. The summed E-state index contributed by atoms with van der Waals surface area (Å²) in [5.41, 5.74) is 0. The zero-order chi connectivity index (χ0) is 7.86. The number of carbonyl (C=O) groups is 2. The first-order chi connectivity index (χ1) is 4.18. The maximum Gasteiger partial charge on any atom is 0.197 e. The van der Waals surface area contributed by atoms with Gasteiger partial charge in [-0.2, -0.15) is 0 Å². The Morgan fingerprint density at radius 3 is 1.60 bits per heavy atom. The molecule has 0 fully saturated rings. The van der Waals surface area contributed by atoms with Crippen molar-refractivity contribution in [1.29, 1.82) is 0 Å². The van der Waals surface area contributed by atoms with Crippen LogP contribution in [0.25, 0.3) is 0 Å². The predicted octanol–water partition coefficient (Wildman–Crippen LogP) is 0.801. The summed E-state index contributed by atoms with van der Waals surface area (Å²) in [6.07, 6.45) is 8.33. The predicted molar refractivity (Wildman–Crippen MR) is 35.9 cm³/mol. The molecule has 59 valence electrons. The van der Waals surface area contributed by atoms with Crippen LogP contribution in [0.1, 0.15) is 20.3 Å². The van der Waals surface area contributed by atoms with E-state index in [1.807, 2.05) is 0 Å². The van der Waals surface area contributed by atoms with Crippen LogP contribution in [0.2, 0.25) is 0 Å². The molecule has 0 atom stereocenters. The van der Waals surface area contributed by atoms with Gasteiger partial charge in [-0.1, -0.05) is 6.92 Å². The van der Waals surface area contributed by atoms with Crippen LogP contribution in [0, 0.1) is 12.8 Å². The van der Waals surface area contributed by atoms with Crippen LogP contribution in [0.5, 0.6) is 0 Å². The molecule has 2 nitrogen and oxygen atoms in total. The standard InChI is InChI=1S/C5H8O2.C2H2.Rh/c1-3-5(7)4(2)6;1-2;/h3H2,1-2H3;1-2H;. The number of hydrogen-bond acceptors (Lipinski definition) is 2. The minimum Gasteiger partial charge on any atom is -0.291 e. The molecular weight excluding hydrogens is 219 g/mol. The van der Waals surface area contributed by atoms with E-state index >= 15 is 0 Å². The Kier molecular flexibility index (Phi) is 18.4. The van der Waals surface area contributed by atoms with Gasteiger partial charge in [-0.05, 0) is 0 Å². The molecule has 0 bridgehead atoms. The van der Waals surface area contributed by atoms with E-state index in [2.05, 4.69) is 12.8 Å². The summed E-state index contributed by atoms with van der Waals surface area (Å²) in [7, 11) is 0. The zero-order valence-electron chi connectivity index (χ0n) is 6.01. The third kappa shape index (κ3) is 10.5. The molecule has 0 saturated carbocycles. The Bertz CT molecular complexity index is 127. The zero-order valence-corrected chi connectivity index (χ0v) is 7.65. The van der Waals surface area contributed by atoms with E-state index < -0.39 is 0 Å². The monoisotopic (exact) mass is 229 g/mol. The number of carbonyl (C=O) groups excluding carboxylic acids is 2. The third-order valence-corrected chi connectivity index (χ3v) is 0.714. The summed E-state index contributed by atoms with van der Waals surface area (Å²) in [5.74, 6) is -0.637. The van der Waals surface area contributed by atoms with E-state index in [0.29, 0.717) is 6.42 Å². The van der Waals surface area contributed by atoms with Crippen molar-refractivity contribution >= 4 is 11.6 Å². The van der Waals surface area contributed by atoms with Crippen molar-refractivity contribution in [3.63, 3.8) is 0 Å². The van der Waals surface area contributed by atoms with Crippen LogP contribution >= 0.6 is 0 Å². The minimum atomic E-state index is -0.345. The molecule has 0 aliphatic carbocycles. The minimum absolute atomic E-state index is 0. The average Bonchev–Trinajstić information content (AvgIpc) is 1.91. The first kappa shape index (κ1) is 16.3. The summed E-state index contributed by atoms with van der Waals surface area (Å²) >= 11 is 0. The van der Waals surface area contributed by atoms with Gasteiger partial charge in [0, 0.05) is 32.8 Å². The van der Waals surface area contributed by atoms with Crippen molar-refractivity contribution in [2.24, 2.45) is 0 Å². The number of rotatable bonds is 2. The van der Waals surface area contributed by atoms with Crippen molar-refractivity contribution in [1.82, 2.24) is 0 Å². The van der Waals surface area contributed by atoms with E-state index in [1.165, 1.54) is 6.92 Å². The SMILES string of the molecule is C#C.CCC(=O)C(C)=O.[Rh]. The Labute approximate surface area is 74.1 Å². The second kappa shape index (κ2) is 11.3. The summed E-state index contributed by atoms with van der Waals surface area (Å²) < 4.78 is 0. The average molecular weight is 229 g/mol. The van der Waals surface area contributed by atoms with Gasteiger partial charge in [0.15, 0.2) is 11.6 Å². The number of hydrogen-bond donors (Lipinski definition) is 0. The van der Waals surface area contributed by atoms with Crippen molar-refractivity contribution in [3.05, 3.63) is 0 Å². The van der Waals surface area contributed by atoms with Crippen molar-refractivity contribution < 1.29 is 29.1 Å². The Morgan fingerprint density at radius 1 is 1.30 bits per heavy atom. The van der Waals surface area contributed by atoms with Gasteiger partial charge in [-0.25, -0.2) is 0 Å². The second-order valence-corrected chi connectivity index (χ2v) is 1.33. The van der Waals surface area contributed by atoms with Gasteiger partial charge < -0.3 is 0 Å². The molecule has 0 saturated heterocycles. The molecule has 0 amide bonds. The normalized spacial score (nSPS) is 6.00. The quantitative estimate of drug-likeness (QED) is 0.398. The van der Waals surface area contributed by atoms with E-state index in [9.17, 15) is 9.59 Å². The van der Waals surface area contributed by atoms with Gasteiger partial charge in [0.1, 0.15) is 0 Å². The van der Waals surface area contributed by atoms with Gasteiger partial charge in [0.05, 0.1) is 0 Å². The Balaban J connectivity index is -0.000000149. The van der Waals surface area contributed by atoms with Crippen LogP contribution in [-0.4, -0.2) is 11.6 Å². The van der Waals surface area contributed by atoms with Crippen LogP contribution in [0.15, 0.2) is 0 Å². The smallest absolute Gasteiger partial charge is 0.197 e. The van der Waals surface area contributed by atoms with Gasteiger partial charge in [0.2, 0.25) is 0 Å².